The van der Waals surface area contributed by atoms with Gasteiger partial charge in [-0.25, -0.2) is 0 Å². The van der Waals surface area contributed by atoms with E-state index in [1.165, 1.54) is 5.56 Å². The van der Waals surface area contributed by atoms with Gasteiger partial charge < -0.3 is 9.84 Å². The van der Waals surface area contributed by atoms with E-state index in [4.69, 9.17) is 4.74 Å². The lowest BCUT2D eigenvalue weighted by molar-refractivity contribution is -0.138. The van der Waals surface area contributed by atoms with E-state index in [0.717, 1.165) is 29.7 Å². The number of aliphatic carboxylic acids is 1. The third kappa shape index (κ3) is 4.85. The first-order valence-corrected chi connectivity index (χ1v) is 8.17. The van der Waals surface area contributed by atoms with Crippen molar-refractivity contribution in [1.82, 2.24) is 0 Å². The zero-order valence-electron chi connectivity index (χ0n) is 13.8. The van der Waals surface area contributed by atoms with Crippen LogP contribution in [0.25, 0.3) is 0 Å². The van der Waals surface area contributed by atoms with Crippen molar-refractivity contribution >= 4 is 5.97 Å². The Balaban J connectivity index is 2.17. The number of hydrogen-bond donors (Lipinski definition) is 1. The molecule has 0 aliphatic rings. The number of hydrogen-bond acceptors (Lipinski definition) is 2. The molecular weight excluding hydrogens is 288 g/mol. The van der Waals surface area contributed by atoms with Crippen molar-refractivity contribution in [2.45, 2.75) is 39.0 Å². The monoisotopic (exact) mass is 312 g/mol. The van der Waals surface area contributed by atoms with Crippen LogP contribution < -0.4 is 4.74 Å². The lowest BCUT2D eigenvalue weighted by Crippen LogP contribution is -2.14. The molecule has 23 heavy (non-hydrogen) atoms. The Bertz CT molecular complexity index is 632. The fourth-order valence-corrected chi connectivity index (χ4v) is 2.55. The molecule has 0 amide bonds. The summed E-state index contributed by atoms with van der Waals surface area (Å²) in [6.45, 7) is 4.82. The van der Waals surface area contributed by atoms with E-state index in [0.29, 0.717) is 13.0 Å². The Kier molecular flexibility index (Phi) is 6.21. The van der Waals surface area contributed by atoms with Gasteiger partial charge in [0.05, 0.1) is 12.5 Å². The minimum absolute atomic E-state index is 0.462. The van der Waals surface area contributed by atoms with Crippen molar-refractivity contribution in [3.63, 3.8) is 0 Å². The van der Waals surface area contributed by atoms with E-state index >= 15 is 0 Å². The van der Waals surface area contributed by atoms with Gasteiger partial charge in [0.1, 0.15) is 5.75 Å². The van der Waals surface area contributed by atoms with Gasteiger partial charge in [0.15, 0.2) is 0 Å². The summed E-state index contributed by atoms with van der Waals surface area (Å²) in [4.78, 5) is 11.7. The maximum absolute atomic E-state index is 11.7. The summed E-state index contributed by atoms with van der Waals surface area (Å²) in [6.07, 6.45) is 2.37. The number of rotatable bonds is 8. The predicted molar refractivity (Wildman–Crippen MR) is 92.1 cm³/mol. The molecule has 1 unspecified atom stereocenters. The average molecular weight is 312 g/mol. The van der Waals surface area contributed by atoms with Gasteiger partial charge in [0, 0.05) is 0 Å². The van der Waals surface area contributed by atoms with Crippen molar-refractivity contribution in [2.75, 3.05) is 6.61 Å². The fraction of sp³-hybridized carbons (Fsp3) is 0.350. The Morgan fingerprint density at radius 1 is 1.09 bits per heavy atom. The van der Waals surface area contributed by atoms with Crippen LogP contribution >= 0.6 is 0 Å². The molecule has 0 aliphatic carbocycles. The summed E-state index contributed by atoms with van der Waals surface area (Å²) in [6, 6.07) is 15.6. The molecule has 2 aromatic carbocycles. The molecule has 0 radical (unpaired) electrons. The van der Waals surface area contributed by atoms with Gasteiger partial charge in [-0.05, 0) is 48.1 Å². The zero-order chi connectivity index (χ0) is 16.7. The molecule has 3 heteroatoms. The summed E-state index contributed by atoms with van der Waals surface area (Å²) in [5.74, 6) is -0.536. The second kappa shape index (κ2) is 8.37. The highest BCUT2D eigenvalue weighted by molar-refractivity contribution is 5.76. The summed E-state index contributed by atoms with van der Waals surface area (Å²) >= 11 is 0. The number of carboxylic acid groups (broad SMARTS) is 1. The minimum atomic E-state index is -0.797. The Morgan fingerprint density at radius 3 is 2.43 bits per heavy atom. The van der Waals surface area contributed by atoms with Gasteiger partial charge in [-0.3, -0.25) is 4.79 Å². The SMILES string of the molecule is CCCOc1cccc(CC(C(=O)O)c2ccc(CC)cc2)c1. The number of benzene rings is 2. The van der Waals surface area contributed by atoms with Crippen molar-refractivity contribution in [3.05, 3.63) is 65.2 Å². The van der Waals surface area contributed by atoms with Crippen molar-refractivity contribution < 1.29 is 14.6 Å². The number of ether oxygens (including phenoxy) is 1. The molecule has 0 aliphatic heterocycles. The Morgan fingerprint density at radius 2 is 1.83 bits per heavy atom. The van der Waals surface area contributed by atoms with Gasteiger partial charge >= 0.3 is 5.97 Å². The van der Waals surface area contributed by atoms with Crippen molar-refractivity contribution in [1.29, 1.82) is 0 Å². The average Bonchev–Trinajstić information content (AvgIpc) is 2.58. The van der Waals surface area contributed by atoms with Crippen LogP contribution in [-0.2, 0) is 17.6 Å². The molecule has 0 bridgehead atoms. The van der Waals surface area contributed by atoms with Crippen LogP contribution in [0.2, 0.25) is 0 Å². The maximum atomic E-state index is 11.7. The quantitative estimate of drug-likeness (QED) is 0.783. The van der Waals surface area contributed by atoms with Crippen molar-refractivity contribution in [3.8, 4) is 5.75 Å². The normalized spacial score (nSPS) is 11.9. The van der Waals surface area contributed by atoms with Gasteiger partial charge in [0.2, 0.25) is 0 Å². The van der Waals surface area contributed by atoms with Crippen LogP contribution in [-0.4, -0.2) is 17.7 Å². The van der Waals surface area contributed by atoms with Crippen LogP contribution in [0.1, 0.15) is 42.9 Å². The van der Waals surface area contributed by atoms with Crippen LogP contribution in [0.4, 0.5) is 0 Å². The standard InChI is InChI=1S/C20H24O3/c1-3-12-23-18-7-5-6-16(13-18)14-19(20(21)22)17-10-8-15(4-2)9-11-17/h5-11,13,19H,3-4,12,14H2,1-2H3,(H,21,22). The van der Waals surface area contributed by atoms with Gasteiger partial charge in [0.25, 0.3) is 0 Å². The highest BCUT2D eigenvalue weighted by Crippen LogP contribution is 2.24. The molecule has 122 valence electrons. The fourth-order valence-electron chi connectivity index (χ4n) is 2.55. The topological polar surface area (TPSA) is 46.5 Å². The van der Waals surface area contributed by atoms with E-state index in [1.807, 2.05) is 48.5 Å². The first-order valence-electron chi connectivity index (χ1n) is 8.17. The summed E-state index contributed by atoms with van der Waals surface area (Å²) in [5.41, 5.74) is 3.04. The third-order valence-corrected chi connectivity index (χ3v) is 3.90. The molecule has 2 aromatic rings. The molecule has 3 nitrogen and oxygen atoms in total. The number of carboxylic acids is 1. The highest BCUT2D eigenvalue weighted by Gasteiger charge is 2.20. The third-order valence-electron chi connectivity index (χ3n) is 3.90. The van der Waals surface area contributed by atoms with Crippen LogP contribution in [0.15, 0.2) is 48.5 Å². The van der Waals surface area contributed by atoms with Crippen LogP contribution in [0.3, 0.4) is 0 Å². The molecular formula is C20H24O3. The molecule has 0 saturated heterocycles. The molecule has 0 fully saturated rings. The molecule has 1 N–H and O–H groups in total. The van der Waals surface area contributed by atoms with E-state index < -0.39 is 11.9 Å². The van der Waals surface area contributed by atoms with E-state index in [-0.39, 0.29) is 0 Å². The van der Waals surface area contributed by atoms with Gasteiger partial charge in [-0.1, -0.05) is 50.2 Å². The largest absolute Gasteiger partial charge is 0.494 e. The smallest absolute Gasteiger partial charge is 0.311 e. The number of aryl methyl sites for hydroxylation is 1. The first kappa shape index (κ1) is 17.1. The first-order chi connectivity index (χ1) is 11.1. The molecule has 2 rings (SSSR count). The number of carbonyl (C=O) groups is 1. The van der Waals surface area contributed by atoms with Crippen LogP contribution in [0, 0.1) is 0 Å². The zero-order valence-corrected chi connectivity index (χ0v) is 13.8. The van der Waals surface area contributed by atoms with Crippen LogP contribution in [0.5, 0.6) is 5.75 Å². The maximum Gasteiger partial charge on any atom is 0.311 e. The Labute approximate surface area is 137 Å². The molecule has 0 spiro atoms. The molecule has 0 heterocycles. The van der Waals surface area contributed by atoms with E-state index in [9.17, 15) is 9.90 Å². The summed E-state index contributed by atoms with van der Waals surface area (Å²) < 4.78 is 5.63. The van der Waals surface area contributed by atoms with Gasteiger partial charge in [-0.2, -0.15) is 0 Å². The van der Waals surface area contributed by atoms with E-state index in [1.54, 1.807) is 0 Å². The summed E-state index contributed by atoms with van der Waals surface area (Å²) in [5, 5.41) is 9.59. The Hall–Kier alpha value is -2.29. The van der Waals surface area contributed by atoms with Gasteiger partial charge in [-0.15, -0.1) is 0 Å². The second-order valence-electron chi connectivity index (χ2n) is 5.69. The molecule has 0 saturated carbocycles. The lowest BCUT2D eigenvalue weighted by atomic mass is 9.91. The van der Waals surface area contributed by atoms with Crippen molar-refractivity contribution in [2.24, 2.45) is 0 Å². The summed E-state index contributed by atoms with van der Waals surface area (Å²) in [7, 11) is 0. The minimum Gasteiger partial charge on any atom is -0.494 e. The highest BCUT2D eigenvalue weighted by atomic mass is 16.5. The molecule has 1 atom stereocenters. The second-order valence-corrected chi connectivity index (χ2v) is 5.69. The molecule has 0 aromatic heterocycles. The lowest BCUT2D eigenvalue weighted by Gasteiger charge is -2.14. The van der Waals surface area contributed by atoms with E-state index in [2.05, 4.69) is 13.8 Å². The predicted octanol–water partition coefficient (Wildman–Crippen LogP) is 4.45.